The van der Waals surface area contributed by atoms with Gasteiger partial charge >= 0.3 is 0 Å². The molecule has 0 radical (unpaired) electrons. The SMILES string of the molecule is CC[C@@H](C(=O)NCC(C)C)N(Cc1ccc(OC)cc1)C(=O)CN1C(=O)c2ccccc2S1(=O)=O. The number of fused-ring (bicyclic) bond motifs is 1. The van der Waals surface area contributed by atoms with Gasteiger partial charge in [-0.2, -0.15) is 0 Å². The van der Waals surface area contributed by atoms with Crippen molar-refractivity contribution in [3.8, 4) is 5.75 Å². The average Bonchev–Trinajstić information content (AvgIpc) is 3.03. The fourth-order valence-electron chi connectivity index (χ4n) is 3.87. The zero-order valence-corrected chi connectivity index (χ0v) is 21.2. The minimum Gasteiger partial charge on any atom is -0.497 e. The first-order valence-corrected chi connectivity index (χ1v) is 12.9. The van der Waals surface area contributed by atoms with Gasteiger partial charge in [-0.3, -0.25) is 14.4 Å². The van der Waals surface area contributed by atoms with Crippen molar-refractivity contribution in [2.75, 3.05) is 20.2 Å². The number of rotatable bonds is 10. The molecule has 0 aliphatic carbocycles. The molecule has 2 aromatic carbocycles. The van der Waals surface area contributed by atoms with Crippen molar-refractivity contribution >= 4 is 27.7 Å². The number of nitrogens with zero attached hydrogens (tertiary/aromatic N) is 2. The Morgan fingerprint density at radius 1 is 1.09 bits per heavy atom. The van der Waals surface area contributed by atoms with Crippen LogP contribution >= 0.6 is 0 Å². The minimum atomic E-state index is -4.16. The fourth-order valence-corrected chi connectivity index (χ4v) is 5.39. The van der Waals surface area contributed by atoms with Gasteiger partial charge in [-0.1, -0.05) is 45.0 Å². The van der Waals surface area contributed by atoms with Gasteiger partial charge in [-0.15, -0.1) is 0 Å². The van der Waals surface area contributed by atoms with Gasteiger partial charge in [0, 0.05) is 13.1 Å². The van der Waals surface area contributed by atoms with Gasteiger partial charge in [0.05, 0.1) is 12.7 Å². The summed E-state index contributed by atoms with van der Waals surface area (Å²) in [6.45, 7) is 5.51. The largest absolute Gasteiger partial charge is 0.497 e. The van der Waals surface area contributed by atoms with Crippen LogP contribution in [-0.4, -0.2) is 61.6 Å². The molecule has 3 amide bonds. The molecule has 35 heavy (non-hydrogen) atoms. The zero-order chi connectivity index (χ0) is 25.8. The minimum absolute atomic E-state index is 0.0312. The van der Waals surface area contributed by atoms with Crippen LogP contribution in [0.25, 0.3) is 0 Å². The highest BCUT2D eigenvalue weighted by molar-refractivity contribution is 7.90. The monoisotopic (exact) mass is 501 g/mol. The fraction of sp³-hybridized carbons (Fsp3) is 0.400. The summed E-state index contributed by atoms with van der Waals surface area (Å²) < 4.78 is 31.7. The molecule has 0 bridgehead atoms. The van der Waals surface area contributed by atoms with Crippen LogP contribution in [0.3, 0.4) is 0 Å². The molecule has 0 saturated carbocycles. The normalized spacial score (nSPS) is 15.0. The lowest BCUT2D eigenvalue weighted by atomic mass is 10.1. The molecule has 0 saturated heterocycles. The summed E-state index contributed by atoms with van der Waals surface area (Å²) in [6.07, 6.45) is 0.312. The summed E-state index contributed by atoms with van der Waals surface area (Å²) in [5.41, 5.74) is 0.761. The summed E-state index contributed by atoms with van der Waals surface area (Å²) in [7, 11) is -2.62. The van der Waals surface area contributed by atoms with Crippen LogP contribution in [0.2, 0.25) is 0 Å². The second-order valence-corrected chi connectivity index (χ2v) is 10.6. The maximum absolute atomic E-state index is 13.5. The number of sulfonamides is 1. The number of nitrogens with one attached hydrogen (secondary N) is 1. The van der Waals surface area contributed by atoms with E-state index in [2.05, 4.69) is 5.32 Å². The van der Waals surface area contributed by atoms with Gasteiger partial charge in [0.25, 0.3) is 15.9 Å². The highest BCUT2D eigenvalue weighted by Crippen LogP contribution is 2.30. The molecule has 0 fully saturated rings. The van der Waals surface area contributed by atoms with E-state index in [-0.39, 0.29) is 28.8 Å². The number of hydrogen-bond donors (Lipinski definition) is 1. The Morgan fingerprint density at radius 3 is 2.31 bits per heavy atom. The first-order valence-electron chi connectivity index (χ1n) is 11.5. The lowest BCUT2D eigenvalue weighted by Crippen LogP contribution is -2.52. The van der Waals surface area contributed by atoms with Crippen LogP contribution in [0.4, 0.5) is 0 Å². The molecule has 1 N–H and O–H groups in total. The van der Waals surface area contributed by atoms with Crippen LogP contribution in [0.15, 0.2) is 53.4 Å². The first-order chi connectivity index (χ1) is 16.6. The van der Waals surface area contributed by atoms with E-state index in [0.29, 0.717) is 23.0 Å². The van der Waals surface area contributed by atoms with Crippen molar-refractivity contribution < 1.29 is 27.5 Å². The third kappa shape index (κ3) is 5.64. The van der Waals surface area contributed by atoms with E-state index in [1.165, 1.54) is 23.1 Å². The van der Waals surface area contributed by atoms with Crippen molar-refractivity contribution in [3.63, 3.8) is 0 Å². The van der Waals surface area contributed by atoms with Crippen LogP contribution < -0.4 is 10.1 Å². The third-order valence-electron chi connectivity index (χ3n) is 5.77. The van der Waals surface area contributed by atoms with Gasteiger partial charge in [0.15, 0.2) is 0 Å². The number of ether oxygens (including phenoxy) is 1. The van der Waals surface area contributed by atoms with Crippen molar-refractivity contribution in [1.82, 2.24) is 14.5 Å². The molecule has 9 nitrogen and oxygen atoms in total. The second kappa shape index (κ2) is 10.9. The van der Waals surface area contributed by atoms with Crippen molar-refractivity contribution in [2.24, 2.45) is 5.92 Å². The number of carbonyl (C=O) groups is 3. The third-order valence-corrected chi connectivity index (χ3v) is 7.56. The summed E-state index contributed by atoms with van der Waals surface area (Å²) in [6, 6.07) is 12.0. The zero-order valence-electron chi connectivity index (χ0n) is 20.4. The smallest absolute Gasteiger partial charge is 0.269 e. The highest BCUT2D eigenvalue weighted by atomic mass is 32.2. The van der Waals surface area contributed by atoms with E-state index in [0.717, 1.165) is 5.56 Å². The van der Waals surface area contributed by atoms with E-state index in [1.54, 1.807) is 44.4 Å². The molecule has 2 aromatic rings. The predicted molar refractivity (Wildman–Crippen MR) is 130 cm³/mol. The maximum Gasteiger partial charge on any atom is 0.269 e. The molecular weight excluding hydrogens is 470 g/mol. The Labute approximate surface area is 206 Å². The Morgan fingerprint density at radius 2 is 1.74 bits per heavy atom. The van der Waals surface area contributed by atoms with Gasteiger partial charge < -0.3 is 15.0 Å². The Kier molecular flexibility index (Phi) is 8.16. The van der Waals surface area contributed by atoms with Crippen molar-refractivity contribution in [1.29, 1.82) is 0 Å². The summed E-state index contributed by atoms with van der Waals surface area (Å²) in [4.78, 5) is 40.6. The van der Waals surface area contributed by atoms with Gasteiger partial charge in [-0.05, 0) is 42.2 Å². The topological polar surface area (TPSA) is 113 Å². The van der Waals surface area contributed by atoms with E-state index in [9.17, 15) is 22.8 Å². The van der Waals surface area contributed by atoms with Crippen LogP contribution in [0.1, 0.15) is 43.1 Å². The molecular formula is C25H31N3O6S. The van der Waals surface area contributed by atoms with Crippen LogP contribution in [-0.2, 0) is 26.2 Å². The molecule has 188 valence electrons. The molecule has 0 spiro atoms. The molecule has 1 atom stereocenters. The molecule has 1 aliphatic heterocycles. The van der Waals surface area contributed by atoms with Gasteiger partial charge in [0.2, 0.25) is 11.8 Å². The molecule has 0 aromatic heterocycles. The number of hydrogen-bond acceptors (Lipinski definition) is 6. The molecule has 1 heterocycles. The van der Waals surface area contributed by atoms with Crippen molar-refractivity contribution in [3.05, 3.63) is 59.7 Å². The molecule has 3 rings (SSSR count). The van der Waals surface area contributed by atoms with E-state index in [1.807, 2.05) is 13.8 Å². The summed E-state index contributed by atoms with van der Waals surface area (Å²) in [5, 5.41) is 2.85. The van der Waals surface area contributed by atoms with Gasteiger partial charge in [0.1, 0.15) is 23.2 Å². The molecule has 0 unspecified atom stereocenters. The summed E-state index contributed by atoms with van der Waals surface area (Å²) in [5.74, 6) is -0.873. The number of methoxy groups -OCH3 is 1. The maximum atomic E-state index is 13.5. The van der Waals surface area contributed by atoms with Crippen molar-refractivity contribution in [2.45, 2.75) is 44.7 Å². The lowest BCUT2D eigenvalue weighted by Gasteiger charge is -2.32. The van der Waals surface area contributed by atoms with Crippen LogP contribution in [0.5, 0.6) is 5.75 Å². The number of amides is 3. The summed E-state index contributed by atoms with van der Waals surface area (Å²) >= 11 is 0. The Balaban J connectivity index is 1.90. The quantitative estimate of drug-likeness (QED) is 0.535. The first kappa shape index (κ1) is 26.2. The highest BCUT2D eigenvalue weighted by Gasteiger charge is 2.43. The lowest BCUT2D eigenvalue weighted by molar-refractivity contribution is -0.141. The molecule has 1 aliphatic rings. The standard InChI is InChI=1S/C25H31N3O6S/c1-5-21(24(30)26-14-17(2)3)27(15-18-10-12-19(34-4)13-11-18)23(29)16-28-25(31)20-8-6-7-9-22(20)35(28,32)33/h6-13,17,21H,5,14-16H2,1-4H3,(H,26,30)/t21-/m0/s1. The van der Waals surface area contributed by atoms with E-state index in [4.69, 9.17) is 4.74 Å². The molecule has 10 heteroatoms. The average molecular weight is 502 g/mol. The number of carbonyl (C=O) groups excluding carboxylic acids is 3. The number of benzene rings is 2. The second-order valence-electron chi connectivity index (χ2n) is 8.75. The predicted octanol–water partition coefficient (Wildman–Crippen LogP) is 2.42. The Bertz CT molecular complexity index is 1190. The van der Waals surface area contributed by atoms with E-state index >= 15 is 0 Å². The Hall–Kier alpha value is -3.40. The van der Waals surface area contributed by atoms with Gasteiger partial charge in [-0.25, -0.2) is 12.7 Å². The van der Waals surface area contributed by atoms with E-state index < -0.39 is 34.4 Å². The van der Waals surface area contributed by atoms with Crippen LogP contribution in [0, 0.1) is 5.92 Å².